The van der Waals surface area contributed by atoms with E-state index in [4.69, 9.17) is 10.3 Å². The number of Topliss-reactive ketones (excluding diaryl/α,β-unsaturated/α-hetero) is 2. The Bertz CT molecular complexity index is 1740. The van der Waals surface area contributed by atoms with Crippen molar-refractivity contribution in [3.05, 3.63) is 88.2 Å². The molecule has 0 fully saturated rings. The first kappa shape index (κ1) is 26.0. The molecule has 7 N–H and O–H groups in total. The Balaban J connectivity index is 1.42. The Hall–Kier alpha value is -5.23. The number of carbonyl (C=O) groups is 4. The average Bonchev–Trinajstić information content (AvgIpc) is 3.46. The molecule has 6 rings (SSSR count). The Kier molecular flexibility index (Phi) is 5.82. The van der Waals surface area contributed by atoms with Gasteiger partial charge >= 0.3 is 0 Å². The van der Waals surface area contributed by atoms with E-state index < -0.39 is 57.9 Å². The fraction of sp³-hybridized carbons (Fsp3) is 0.207. The first-order chi connectivity index (χ1) is 19.5. The summed E-state index contributed by atoms with van der Waals surface area (Å²) in [6.45, 7) is 0. The van der Waals surface area contributed by atoms with Crippen molar-refractivity contribution in [3.8, 4) is 16.9 Å². The number of aliphatic hydroxyl groups is 3. The number of carbonyl (C=O) groups excluding carboxylic acids is 4. The summed E-state index contributed by atoms with van der Waals surface area (Å²) in [7, 11) is 0. The minimum Gasteiger partial charge on any atom is -0.511 e. The summed E-state index contributed by atoms with van der Waals surface area (Å²) in [5.41, 5.74) is 3.55. The second-order valence-electron chi connectivity index (χ2n) is 10.3. The van der Waals surface area contributed by atoms with E-state index >= 15 is 0 Å². The lowest BCUT2D eigenvalue weighted by Gasteiger charge is -2.45. The topological polar surface area (TPSA) is 213 Å². The fourth-order valence-electron chi connectivity index (χ4n) is 6.18. The molecule has 0 spiro atoms. The van der Waals surface area contributed by atoms with Crippen LogP contribution in [0.3, 0.4) is 0 Å². The Morgan fingerprint density at radius 2 is 1.85 bits per heavy atom. The summed E-state index contributed by atoms with van der Waals surface area (Å²) in [6.07, 6.45) is 1.20. The van der Waals surface area contributed by atoms with Crippen LogP contribution in [0.25, 0.3) is 11.1 Å². The number of amides is 2. The number of phenols is 1. The molecule has 2 aromatic carbocycles. The molecule has 208 valence electrons. The van der Waals surface area contributed by atoms with E-state index in [-0.39, 0.29) is 41.9 Å². The molecule has 2 amide bonds. The standard InChI is InChI=1S/C29H23N3O9/c30-27(38)23-19(34)11-14-8-13-10-17-16(12-2-1-3-15(9-12)32-28(39)20-6-7-31-41-20)4-5-18(33)22(17)24(35)21(13)25(36)29(14,40)26(23)37/h1-7,9,13-14,33-34,36,40H,8,10-11H2,(H2,30,38)(H,32,39)/t13-,14+,29+/m1/s1. The molecule has 0 saturated carbocycles. The van der Waals surface area contributed by atoms with Gasteiger partial charge in [-0.05, 0) is 53.6 Å². The van der Waals surface area contributed by atoms with Gasteiger partial charge in [0, 0.05) is 29.7 Å². The monoisotopic (exact) mass is 557 g/mol. The van der Waals surface area contributed by atoms with E-state index in [0.717, 1.165) is 0 Å². The third kappa shape index (κ3) is 3.83. The third-order valence-electron chi connectivity index (χ3n) is 8.04. The molecule has 3 aliphatic carbocycles. The fourth-order valence-corrected chi connectivity index (χ4v) is 6.18. The summed E-state index contributed by atoms with van der Waals surface area (Å²) in [4.78, 5) is 51.1. The maximum absolute atomic E-state index is 13.8. The normalized spacial score (nSPS) is 23.5. The number of nitrogens with two attached hydrogens (primary N) is 1. The van der Waals surface area contributed by atoms with Crippen molar-refractivity contribution >= 4 is 29.1 Å². The van der Waals surface area contributed by atoms with Gasteiger partial charge in [0.1, 0.15) is 22.8 Å². The predicted octanol–water partition coefficient (Wildman–Crippen LogP) is 2.49. The van der Waals surface area contributed by atoms with Crippen molar-refractivity contribution in [2.75, 3.05) is 5.32 Å². The lowest BCUT2D eigenvalue weighted by atomic mass is 9.60. The Labute approximate surface area is 231 Å². The Morgan fingerprint density at radius 1 is 1.07 bits per heavy atom. The molecular formula is C29H23N3O9. The van der Waals surface area contributed by atoms with Gasteiger partial charge in [-0.1, -0.05) is 23.4 Å². The van der Waals surface area contributed by atoms with Crippen LogP contribution >= 0.6 is 0 Å². The zero-order chi connectivity index (χ0) is 29.2. The van der Waals surface area contributed by atoms with Gasteiger partial charge in [0.15, 0.2) is 11.4 Å². The third-order valence-corrected chi connectivity index (χ3v) is 8.04. The van der Waals surface area contributed by atoms with Crippen molar-refractivity contribution in [1.82, 2.24) is 5.16 Å². The zero-order valence-electron chi connectivity index (χ0n) is 21.2. The smallest absolute Gasteiger partial charge is 0.294 e. The number of aromatic nitrogens is 1. The largest absolute Gasteiger partial charge is 0.511 e. The molecular weight excluding hydrogens is 534 g/mol. The SMILES string of the molecule is NC(=O)C1=C(O)C[C@@H]2C[C@@H]3Cc4c(-c5cccc(NC(=O)c6ccno6)c5)ccc(O)c4C(=O)C3=C(O)[C@]2(O)C1=O. The molecule has 0 unspecified atom stereocenters. The number of anilines is 1. The van der Waals surface area contributed by atoms with Gasteiger partial charge in [-0.15, -0.1) is 0 Å². The van der Waals surface area contributed by atoms with E-state index in [1.165, 1.54) is 18.3 Å². The quantitative estimate of drug-likeness (QED) is 0.258. The number of fused-ring (bicyclic) bond motifs is 3. The number of allylic oxidation sites excluding steroid dienone is 2. The zero-order valence-corrected chi connectivity index (χ0v) is 21.2. The second-order valence-corrected chi connectivity index (χ2v) is 10.3. The number of nitrogens with one attached hydrogen (secondary N) is 1. The lowest BCUT2D eigenvalue weighted by molar-refractivity contribution is -0.144. The number of rotatable bonds is 4. The van der Waals surface area contributed by atoms with Crippen LogP contribution in [0, 0.1) is 11.8 Å². The summed E-state index contributed by atoms with van der Waals surface area (Å²) in [5, 5.41) is 49.9. The predicted molar refractivity (Wildman–Crippen MR) is 141 cm³/mol. The summed E-state index contributed by atoms with van der Waals surface area (Å²) in [5.74, 6) is -7.37. The highest BCUT2D eigenvalue weighted by Crippen LogP contribution is 2.52. The van der Waals surface area contributed by atoms with Crippen molar-refractivity contribution in [1.29, 1.82) is 0 Å². The molecule has 0 radical (unpaired) electrons. The molecule has 12 nitrogen and oxygen atoms in total. The lowest BCUT2D eigenvalue weighted by Crippen LogP contribution is -2.57. The first-order valence-corrected chi connectivity index (χ1v) is 12.7. The van der Waals surface area contributed by atoms with Crippen LogP contribution in [-0.2, 0) is 16.0 Å². The number of benzene rings is 2. The van der Waals surface area contributed by atoms with Crippen molar-refractivity contribution in [2.24, 2.45) is 17.6 Å². The molecule has 0 aliphatic heterocycles. The van der Waals surface area contributed by atoms with E-state index in [9.17, 15) is 39.6 Å². The van der Waals surface area contributed by atoms with Crippen LogP contribution in [-0.4, -0.2) is 54.6 Å². The van der Waals surface area contributed by atoms with Gasteiger partial charge in [-0.2, -0.15) is 0 Å². The number of hydrogen-bond donors (Lipinski definition) is 6. The number of primary amides is 1. The minimum absolute atomic E-state index is 0.0180. The van der Waals surface area contributed by atoms with Crippen molar-refractivity contribution in [3.63, 3.8) is 0 Å². The molecule has 3 aromatic rings. The molecule has 0 bridgehead atoms. The van der Waals surface area contributed by atoms with Gasteiger partial charge < -0.3 is 36.0 Å². The minimum atomic E-state index is -2.63. The van der Waals surface area contributed by atoms with Crippen LogP contribution in [0.5, 0.6) is 5.75 Å². The molecule has 1 aromatic heterocycles. The number of aliphatic hydroxyl groups excluding tert-OH is 2. The van der Waals surface area contributed by atoms with Gasteiger partial charge in [-0.3, -0.25) is 19.2 Å². The maximum atomic E-state index is 13.8. The van der Waals surface area contributed by atoms with Crippen LogP contribution in [0.2, 0.25) is 0 Å². The van der Waals surface area contributed by atoms with Crippen LogP contribution < -0.4 is 11.1 Å². The van der Waals surface area contributed by atoms with Crippen molar-refractivity contribution in [2.45, 2.75) is 24.9 Å². The maximum Gasteiger partial charge on any atom is 0.294 e. The number of aromatic hydroxyl groups is 1. The highest BCUT2D eigenvalue weighted by atomic mass is 16.5. The molecule has 0 saturated heterocycles. The van der Waals surface area contributed by atoms with Crippen LogP contribution in [0.4, 0.5) is 5.69 Å². The molecule has 1 heterocycles. The molecule has 3 atom stereocenters. The summed E-state index contributed by atoms with van der Waals surface area (Å²) >= 11 is 0. The molecule has 3 aliphatic rings. The average molecular weight is 558 g/mol. The van der Waals surface area contributed by atoms with E-state index in [2.05, 4.69) is 10.5 Å². The highest BCUT2D eigenvalue weighted by molar-refractivity contribution is 6.24. The van der Waals surface area contributed by atoms with Crippen LogP contribution in [0.15, 0.2) is 75.8 Å². The number of phenolic OH excluding ortho intramolecular Hbond substituents is 1. The first-order valence-electron chi connectivity index (χ1n) is 12.7. The van der Waals surface area contributed by atoms with Crippen LogP contribution in [0.1, 0.15) is 39.3 Å². The van der Waals surface area contributed by atoms with E-state index in [1.54, 1.807) is 30.3 Å². The van der Waals surface area contributed by atoms with Gasteiger partial charge in [-0.25, -0.2) is 0 Å². The van der Waals surface area contributed by atoms with E-state index in [0.29, 0.717) is 22.4 Å². The molecule has 41 heavy (non-hydrogen) atoms. The second kappa shape index (κ2) is 9.17. The highest BCUT2D eigenvalue weighted by Gasteiger charge is 2.59. The number of nitrogens with zero attached hydrogens (tertiary/aromatic N) is 1. The Morgan fingerprint density at radius 3 is 2.56 bits per heavy atom. The van der Waals surface area contributed by atoms with Gasteiger partial charge in [0.05, 0.1) is 11.8 Å². The molecule has 12 heteroatoms. The number of hydrogen-bond acceptors (Lipinski definition) is 10. The van der Waals surface area contributed by atoms with E-state index in [1.807, 2.05) is 0 Å². The summed E-state index contributed by atoms with van der Waals surface area (Å²) in [6, 6.07) is 11.2. The van der Waals surface area contributed by atoms with Gasteiger partial charge in [0.2, 0.25) is 11.5 Å². The number of ketones is 2. The van der Waals surface area contributed by atoms with Gasteiger partial charge in [0.25, 0.3) is 11.8 Å². The summed E-state index contributed by atoms with van der Waals surface area (Å²) < 4.78 is 4.88. The van der Waals surface area contributed by atoms with Crippen molar-refractivity contribution < 1.29 is 44.1 Å².